The van der Waals surface area contributed by atoms with E-state index in [1.54, 1.807) is 60.4 Å². The Bertz CT molecular complexity index is 1390. The van der Waals surface area contributed by atoms with Gasteiger partial charge in [0.2, 0.25) is 0 Å². The maximum absolute atomic E-state index is 12.6. The van der Waals surface area contributed by atoms with Crippen molar-refractivity contribution in [2.24, 2.45) is 7.05 Å². The molecule has 8 nitrogen and oxygen atoms in total. The SMILES string of the molecule is Cc1cc(OCc2ccc(C(=O)Nc3ccc(NC(=O)c4ccn(C)n4)cc3)o2)c(C(C)C)cc1Cl. The first-order chi connectivity index (χ1) is 17.2. The quantitative estimate of drug-likeness (QED) is 0.297. The fraction of sp³-hybridized carbons (Fsp3) is 0.222. The van der Waals surface area contributed by atoms with Gasteiger partial charge in [-0.25, -0.2) is 0 Å². The Morgan fingerprint density at radius 2 is 1.69 bits per heavy atom. The van der Waals surface area contributed by atoms with Crippen LogP contribution in [0.5, 0.6) is 5.75 Å². The van der Waals surface area contributed by atoms with Crippen molar-refractivity contribution >= 4 is 34.8 Å². The molecule has 9 heteroatoms. The van der Waals surface area contributed by atoms with Crippen LogP contribution in [0.3, 0.4) is 0 Å². The molecule has 0 bridgehead atoms. The standard InChI is InChI=1S/C27H27ClN4O4/c1-16(2)21-14-22(28)17(3)13-25(21)35-15-20-9-10-24(36-20)27(34)30-19-7-5-18(6-8-19)29-26(33)23-11-12-32(4)31-23/h5-14,16H,15H2,1-4H3,(H,29,33)(H,30,34). The Balaban J connectivity index is 1.34. The zero-order chi connectivity index (χ0) is 25.8. The number of halogens is 1. The number of aromatic nitrogens is 2. The number of nitrogens with zero attached hydrogens (tertiary/aromatic N) is 2. The number of hydrogen-bond acceptors (Lipinski definition) is 5. The molecule has 0 radical (unpaired) electrons. The Morgan fingerprint density at radius 3 is 2.31 bits per heavy atom. The van der Waals surface area contributed by atoms with E-state index in [4.69, 9.17) is 20.8 Å². The predicted octanol–water partition coefficient (Wildman–Crippen LogP) is 6.18. The fourth-order valence-corrected chi connectivity index (χ4v) is 3.71. The van der Waals surface area contributed by atoms with E-state index < -0.39 is 5.91 Å². The van der Waals surface area contributed by atoms with E-state index in [1.807, 2.05) is 19.1 Å². The van der Waals surface area contributed by atoms with Crippen LogP contribution >= 0.6 is 11.6 Å². The van der Waals surface area contributed by atoms with Crippen LogP contribution in [0.4, 0.5) is 11.4 Å². The molecule has 2 amide bonds. The van der Waals surface area contributed by atoms with Gasteiger partial charge in [0.15, 0.2) is 11.5 Å². The zero-order valence-electron chi connectivity index (χ0n) is 20.5. The minimum Gasteiger partial charge on any atom is -0.485 e. The summed E-state index contributed by atoms with van der Waals surface area (Å²) < 4.78 is 13.2. The number of benzene rings is 2. The fourth-order valence-electron chi connectivity index (χ4n) is 3.53. The van der Waals surface area contributed by atoms with Crippen molar-refractivity contribution in [1.82, 2.24) is 9.78 Å². The molecule has 0 aliphatic carbocycles. The van der Waals surface area contributed by atoms with Crippen LogP contribution < -0.4 is 15.4 Å². The highest BCUT2D eigenvalue weighted by Crippen LogP contribution is 2.32. The lowest BCUT2D eigenvalue weighted by molar-refractivity contribution is 0.0990. The molecule has 36 heavy (non-hydrogen) atoms. The first-order valence-corrected chi connectivity index (χ1v) is 11.8. The number of amides is 2. The van der Waals surface area contributed by atoms with Gasteiger partial charge in [-0.1, -0.05) is 25.4 Å². The summed E-state index contributed by atoms with van der Waals surface area (Å²) in [5.74, 6) is 0.964. The lowest BCUT2D eigenvalue weighted by Gasteiger charge is -2.15. The number of carbonyl (C=O) groups excluding carboxylic acids is 2. The van der Waals surface area contributed by atoms with Crippen molar-refractivity contribution in [2.75, 3.05) is 10.6 Å². The van der Waals surface area contributed by atoms with Gasteiger partial charge in [0, 0.05) is 29.6 Å². The van der Waals surface area contributed by atoms with Crippen molar-refractivity contribution < 1.29 is 18.7 Å². The number of furan rings is 1. The first-order valence-electron chi connectivity index (χ1n) is 11.4. The molecule has 2 heterocycles. The molecule has 0 spiro atoms. The van der Waals surface area contributed by atoms with E-state index in [-0.39, 0.29) is 24.2 Å². The van der Waals surface area contributed by atoms with Gasteiger partial charge in [-0.2, -0.15) is 5.10 Å². The zero-order valence-corrected chi connectivity index (χ0v) is 21.2. The summed E-state index contributed by atoms with van der Waals surface area (Å²) in [7, 11) is 1.74. The lowest BCUT2D eigenvalue weighted by atomic mass is 10.0. The Hall–Kier alpha value is -4.04. The monoisotopic (exact) mass is 506 g/mol. The van der Waals surface area contributed by atoms with Gasteiger partial charge in [0.05, 0.1) is 0 Å². The molecule has 0 fully saturated rings. The van der Waals surface area contributed by atoms with Gasteiger partial charge in [-0.05, 0) is 78.6 Å². The number of hydrogen-bond donors (Lipinski definition) is 2. The van der Waals surface area contributed by atoms with Gasteiger partial charge in [-0.3, -0.25) is 14.3 Å². The van der Waals surface area contributed by atoms with E-state index in [0.29, 0.717) is 27.9 Å². The van der Waals surface area contributed by atoms with E-state index in [1.165, 1.54) is 0 Å². The summed E-state index contributed by atoms with van der Waals surface area (Å²) >= 11 is 6.27. The van der Waals surface area contributed by atoms with Crippen LogP contribution in [0.2, 0.25) is 5.02 Å². The Morgan fingerprint density at radius 1 is 1.03 bits per heavy atom. The van der Waals surface area contributed by atoms with Crippen LogP contribution in [-0.4, -0.2) is 21.6 Å². The molecular weight excluding hydrogens is 480 g/mol. The average Bonchev–Trinajstić information content (AvgIpc) is 3.50. The second kappa shape index (κ2) is 10.7. The molecule has 2 N–H and O–H groups in total. The van der Waals surface area contributed by atoms with Gasteiger partial charge < -0.3 is 19.8 Å². The van der Waals surface area contributed by atoms with E-state index in [2.05, 4.69) is 29.6 Å². The number of carbonyl (C=O) groups is 2. The van der Waals surface area contributed by atoms with Crippen molar-refractivity contribution in [1.29, 1.82) is 0 Å². The molecule has 0 saturated heterocycles. The minimum absolute atomic E-state index is 0.164. The van der Waals surface area contributed by atoms with Gasteiger partial charge in [0.1, 0.15) is 18.1 Å². The van der Waals surface area contributed by atoms with E-state index in [0.717, 1.165) is 16.9 Å². The van der Waals surface area contributed by atoms with E-state index in [9.17, 15) is 9.59 Å². The normalized spacial score (nSPS) is 10.9. The molecule has 186 valence electrons. The first kappa shape index (κ1) is 25.1. The maximum Gasteiger partial charge on any atom is 0.291 e. The summed E-state index contributed by atoms with van der Waals surface area (Å²) in [6, 6.07) is 15.5. The summed E-state index contributed by atoms with van der Waals surface area (Å²) in [5, 5.41) is 10.3. The molecule has 2 aromatic carbocycles. The summed E-state index contributed by atoms with van der Waals surface area (Å²) in [6.45, 7) is 6.25. The predicted molar refractivity (Wildman–Crippen MR) is 139 cm³/mol. The molecule has 4 rings (SSSR count). The molecule has 0 unspecified atom stereocenters. The van der Waals surface area contributed by atoms with Crippen molar-refractivity contribution in [3.8, 4) is 5.75 Å². The Kier molecular flexibility index (Phi) is 7.45. The maximum atomic E-state index is 12.6. The molecule has 0 saturated carbocycles. The average molecular weight is 507 g/mol. The summed E-state index contributed by atoms with van der Waals surface area (Å²) in [5.41, 5.74) is 3.40. The lowest BCUT2D eigenvalue weighted by Crippen LogP contribution is -2.13. The number of rotatable bonds is 8. The molecular formula is C27H27ClN4O4. The topological polar surface area (TPSA) is 98.4 Å². The van der Waals surface area contributed by atoms with Crippen molar-refractivity contribution in [3.63, 3.8) is 0 Å². The highest BCUT2D eigenvalue weighted by molar-refractivity contribution is 6.31. The van der Waals surface area contributed by atoms with Crippen LogP contribution in [0.1, 0.15) is 57.7 Å². The van der Waals surface area contributed by atoms with Crippen molar-refractivity contribution in [3.05, 3.63) is 94.2 Å². The van der Waals surface area contributed by atoms with Crippen LogP contribution in [0.25, 0.3) is 0 Å². The highest BCUT2D eigenvalue weighted by atomic mass is 35.5. The van der Waals surface area contributed by atoms with Gasteiger partial charge in [-0.15, -0.1) is 0 Å². The molecule has 0 aliphatic heterocycles. The number of aryl methyl sites for hydroxylation is 2. The smallest absolute Gasteiger partial charge is 0.291 e. The van der Waals surface area contributed by atoms with Crippen LogP contribution in [0.15, 0.2) is 65.2 Å². The minimum atomic E-state index is -0.392. The van der Waals surface area contributed by atoms with Gasteiger partial charge in [0.25, 0.3) is 11.8 Å². The van der Waals surface area contributed by atoms with E-state index >= 15 is 0 Å². The molecule has 4 aromatic rings. The van der Waals surface area contributed by atoms with Crippen LogP contribution in [0, 0.1) is 6.92 Å². The number of anilines is 2. The molecule has 0 aliphatic rings. The van der Waals surface area contributed by atoms with Gasteiger partial charge >= 0.3 is 0 Å². The summed E-state index contributed by atoms with van der Waals surface area (Å²) in [4.78, 5) is 24.9. The largest absolute Gasteiger partial charge is 0.485 e. The Labute approximate surface area is 214 Å². The number of ether oxygens (including phenoxy) is 1. The summed E-state index contributed by atoms with van der Waals surface area (Å²) in [6.07, 6.45) is 1.70. The third kappa shape index (κ3) is 5.95. The second-order valence-electron chi connectivity index (χ2n) is 8.71. The molecule has 0 atom stereocenters. The third-order valence-electron chi connectivity index (χ3n) is 5.52. The van der Waals surface area contributed by atoms with Crippen molar-refractivity contribution in [2.45, 2.75) is 33.3 Å². The molecule has 2 aromatic heterocycles. The number of nitrogens with one attached hydrogen (secondary N) is 2. The second-order valence-corrected chi connectivity index (χ2v) is 9.12. The highest BCUT2D eigenvalue weighted by Gasteiger charge is 2.15. The third-order valence-corrected chi connectivity index (χ3v) is 5.92. The van der Waals surface area contributed by atoms with Crippen LogP contribution in [-0.2, 0) is 13.7 Å².